The lowest BCUT2D eigenvalue weighted by Gasteiger charge is -2.16. The second kappa shape index (κ2) is 6.39. The molecule has 0 saturated heterocycles. The highest BCUT2D eigenvalue weighted by atomic mass is 35.5. The quantitative estimate of drug-likeness (QED) is 0.878. The van der Waals surface area contributed by atoms with Crippen LogP contribution in [-0.2, 0) is 4.79 Å². The van der Waals surface area contributed by atoms with Crippen LogP contribution in [0, 0.1) is 6.92 Å². The summed E-state index contributed by atoms with van der Waals surface area (Å²) >= 11 is 5.69. The van der Waals surface area contributed by atoms with Gasteiger partial charge in [0.1, 0.15) is 10.9 Å². The Morgan fingerprint density at radius 3 is 2.70 bits per heavy atom. The molecular formula is C15H15ClN2O2. The van der Waals surface area contributed by atoms with Crippen molar-refractivity contribution in [1.29, 1.82) is 0 Å². The number of rotatable bonds is 4. The summed E-state index contributed by atoms with van der Waals surface area (Å²) in [5.41, 5.74) is 1.57. The Bertz CT molecular complexity index is 599. The van der Waals surface area contributed by atoms with E-state index in [1.54, 1.807) is 19.1 Å². The highest BCUT2D eigenvalue weighted by Gasteiger charge is 2.15. The first-order chi connectivity index (χ1) is 9.56. The summed E-state index contributed by atoms with van der Waals surface area (Å²) in [4.78, 5) is 15.9. The molecule has 1 amide bonds. The van der Waals surface area contributed by atoms with Gasteiger partial charge in [-0.05, 0) is 37.6 Å². The molecule has 0 fully saturated rings. The van der Waals surface area contributed by atoms with Gasteiger partial charge in [0.15, 0.2) is 6.10 Å². The molecule has 1 N–H and O–H groups in total. The van der Waals surface area contributed by atoms with Crippen LogP contribution in [0.25, 0.3) is 0 Å². The smallest absolute Gasteiger partial charge is 0.265 e. The van der Waals surface area contributed by atoms with Crippen molar-refractivity contribution in [3.8, 4) is 5.75 Å². The van der Waals surface area contributed by atoms with E-state index in [9.17, 15) is 4.79 Å². The van der Waals surface area contributed by atoms with Gasteiger partial charge < -0.3 is 10.1 Å². The number of amides is 1. The fraction of sp³-hybridized carbons (Fsp3) is 0.200. The van der Waals surface area contributed by atoms with Gasteiger partial charge in [-0.15, -0.1) is 0 Å². The van der Waals surface area contributed by atoms with Crippen molar-refractivity contribution in [3.05, 3.63) is 53.3 Å². The maximum Gasteiger partial charge on any atom is 0.265 e. The first-order valence-electron chi connectivity index (χ1n) is 6.21. The molecule has 0 radical (unpaired) electrons. The topological polar surface area (TPSA) is 51.2 Å². The number of ether oxygens (including phenoxy) is 1. The monoisotopic (exact) mass is 290 g/mol. The molecule has 5 heteroatoms. The van der Waals surface area contributed by atoms with Crippen molar-refractivity contribution in [2.24, 2.45) is 0 Å². The average Bonchev–Trinajstić information content (AvgIpc) is 2.44. The summed E-state index contributed by atoms with van der Waals surface area (Å²) in [6.07, 6.45) is 0.896. The molecule has 0 aliphatic rings. The molecule has 0 aliphatic carbocycles. The largest absolute Gasteiger partial charge is 0.481 e. The first-order valence-corrected chi connectivity index (χ1v) is 6.59. The molecule has 4 nitrogen and oxygen atoms in total. The van der Waals surface area contributed by atoms with Crippen LogP contribution >= 0.6 is 11.6 Å². The van der Waals surface area contributed by atoms with Crippen molar-refractivity contribution in [1.82, 2.24) is 4.98 Å². The van der Waals surface area contributed by atoms with Gasteiger partial charge in [0.25, 0.3) is 5.91 Å². The number of para-hydroxylation sites is 1. The number of benzene rings is 1. The molecular weight excluding hydrogens is 276 g/mol. The van der Waals surface area contributed by atoms with Gasteiger partial charge in [-0.1, -0.05) is 29.8 Å². The minimum absolute atomic E-state index is 0.239. The highest BCUT2D eigenvalue weighted by Crippen LogP contribution is 2.18. The van der Waals surface area contributed by atoms with Crippen LogP contribution in [0.5, 0.6) is 5.75 Å². The average molecular weight is 291 g/mol. The third-order valence-corrected chi connectivity index (χ3v) is 2.99. The summed E-state index contributed by atoms with van der Waals surface area (Å²) in [7, 11) is 0. The number of hydrogen-bond donors (Lipinski definition) is 1. The Morgan fingerprint density at radius 1 is 1.30 bits per heavy atom. The van der Waals surface area contributed by atoms with Crippen LogP contribution in [0.15, 0.2) is 42.6 Å². The molecule has 0 bridgehead atoms. The van der Waals surface area contributed by atoms with Crippen LogP contribution < -0.4 is 10.1 Å². The van der Waals surface area contributed by atoms with Crippen LogP contribution in [0.3, 0.4) is 0 Å². The van der Waals surface area contributed by atoms with Gasteiger partial charge in [-0.2, -0.15) is 0 Å². The van der Waals surface area contributed by atoms with Crippen LogP contribution in [0.1, 0.15) is 12.5 Å². The molecule has 1 atom stereocenters. The standard InChI is InChI=1S/C15H15ClN2O2/c1-10-5-3-4-6-13(10)20-11(2)15(19)18-12-7-8-14(16)17-9-12/h3-9,11H,1-2H3,(H,18,19). The van der Waals surface area contributed by atoms with Crippen molar-refractivity contribution in [2.45, 2.75) is 20.0 Å². The minimum Gasteiger partial charge on any atom is -0.481 e. The molecule has 1 unspecified atom stereocenters. The number of carbonyl (C=O) groups is 1. The number of pyridine rings is 1. The zero-order valence-corrected chi connectivity index (χ0v) is 12.0. The fourth-order valence-corrected chi connectivity index (χ4v) is 1.74. The third kappa shape index (κ3) is 3.71. The molecule has 0 spiro atoms. The van der Waals surface area contributed by atoms with Crippen LogP contribution in [0.2, 0.25) is 5.15 Å². The van der Waals surface area contributed by atoms with E-state index in [-0.39, 0.29) is 5.91 Å². The molecule has 1 aromatic carbocycles. The first kappa shape index (κ1) is 14.3. The maximum absolute atomic E-state index is 12.0. The number of halogens is 1. The van der Waals surface area contributed by atoms with Gasteiger partial charge in [0.2, 0.25) is 0 Å². The lowest BCUT2D eigenvalue weighted by atomic mass is 10.2. The molecule has 0 saturated carbocycles. The summed E-state index contributed by atoms with van der Waals surface area (Å²) in [5.74, 6) is 0.460. The zero-order chi connectivity index (χ0) is 14.5. The van der Waals surface area contributed by atoms with E-state index in [1.165, 1.54) is 6.20 Å². The second-order valence-electron chi connectivity index (χ2n) is 4.38. The van der Waals surface area contributed by atoms with E-state index in [2.05, 4.69) is 10.3 Å². The number of aromatic nitrogens is 1. The SMILES string of the molecule is Cc1ccccc1OC(C)C(=O)Nc1ccc(Cl)nc1. The third-order valence-electron chi connectivity index (χ3n) is 2.76. The Labute approximate surface area is 122 Å². The summed E-state index contributed by atoms with van der Waals surface area (Å²) in [5, 5.41) is 3.11. The molecule has 1 aromatic heterocycles. The number of aryl methyl sites for hydroxylation is 1. The lowest BCUT2D eigenvalue weighted by molar-refractivity contribution is -0.122. The Morgan fingerprint density at radius 2 is 2.05 bits per heavy atom. The molecule has 1 heterocycles. The van der Waals surface area contributed by atoms with E-state index in [0.29, 0.717) is 16.6 Å². The molecule has 20 heavy (non-hydrogen) atoms. The molecule has 2 rings (SSSR count). The van der Waals surface area contributed by atoms with Gasteiger partial charge >= 0.3 is 0 Å². The summed E-state index contributed by atoms with van der Waals surface area (Å²) in [6, 6.07) is 10.9. The van der Waals surface area contributed by atoms with Gasteiger partial charge in [0, 0.05) is 0 Å². The Hall–Kier alpha value is -2.07. The van der Waals surface area contributed by atoms with Crippen LogP contribution in [-0.4, -0.2) is 17.0 Å². The fourth-order valence-electron chi connectivity index (χ4n) is 1.63. The Kier molecular flexibility index (Phi) is 4.58. The van der Waals surface area contributed by atoms with E-state index < -0.39 is 6.10 Å². The number of hydrogen-bond acceptors (Lipinski definition) is 3. The van der Waals surface area contributed by atoms with Gasteiger partial charge in [-0.3, -0.25) is 4.79 Å². The van der Waals surface area contributed by atoms with Gasteiger partial charge in [-0.25, -0.2) is 4.98 Å². The van der Waals surface area contributed by atoms with Crippen molar-refractivity contribution < 1.29 is 9.53 Å². The Balaban J connectivity index is 1.99. The zero-order valence-electron chi connectivity index (χ0n) is 11.3. The maximum atomic E-state index is 12.0. The van der Waals surface area contributed by atoms with Crippen molar-refractivity contribution in [2.75, 3.05) is 5.32 Å². The highest BCUT2D eigenvalue weighted by molar-refractivity contribution is 6.29. The lowest BCUT2D eigenvalue weighted by Crippen LogP contribution is -2.30. The van der Waals surface area contributed by atoms with E-state index in [0.717, 1.165) is 5.56 Å². The van der Waals surface area contributed by atoms with E-state index in [1.807, 2.05) is 31.2 Å². The molecule has 104 valence electrons. The number of carbonyl (C=O) groups excluding carboxylic acids is 1. The molecule has 2 aromatic rings. The van der Waals surface area contributed by atoms with E-state index in [4.69, 9.17) is 16.3 Å². The predicted octanol–water partition coefficient (Wildman–Crippen LogP) is 3.45. The molecule has 0 aliphatic heterocycles. The van der Waals surface area contributed by atoms with Crippen molar-refractivity contribution in [3.63, 3.8) is 0 Å². The van der Waals surface area contributed by atoms with Crippen LogP contribution in [0.4, 0.5) is 5.69 Å². The minimum atomic E-state index is -0.605. The normalized spacial score (nSPS) is 11.8. The second-order valence-corrected chi connectivity index (χ2v) is 4.77. The van der Waals surface area contributed by atoms with E-state index >= 15 is 0 Å². The number of nitrogens with one attached hydrogen (secondary N) is 1. The number of anilines is 1. The van der Waals surface area contributed by atoms with Gasteiger partial charge in [0.05, 0.1) is 11.9 Å². The summed E-state index contributed by atoms with van der Waals surface area (Å²) < 4.78 is 5.64. The summed E-state index contributed by atoms with van der Waals surface area (Å²) in [6.45, 7) is 3.63. The predicted molar refractivity (Wildman–Crippen MR) is 79.1 cm³/mol. The number of nitrogens with zero attached hydrogens (tertiary/aromatic N) is 1. The van der Waals surface area contributed by atoms with Crippen molar-refractivity contribution >= 4 is 23.2 Å².